The van der Waals surface area contributed by atoms with Gasteiger partial charge in [-0.3, -0.25) is 4.70 Å². The molecule has 6 aromatic rings. The number of carboxylic acid groups (broad SMARTS) is 2. The Morgan fingerprint density at radius 1 is 0.659 bits per heavy atom. The Hall–Kier alpha value is -4.49. The molecule has 19 heteroatoms. The molecule has 436 valence electrons. The quantitative estimate of drug-likeness (QED) is 0.0219. The second kappa shape index (κ2) is 41.5. The zero-order chi connectivity index (χ0) is 55.4. The summed E-state index contributed by atoms with van der Waals surface area (Å²) < 4.78 is 35.7. The number of aliphatic hydroxyl groups is 2. The molecule has 6 aromatic carbocycles. The molecule has 0 aromatic heterocycles. The number of carbonyl (C=O) groups is 3. The number of carboxylic acids is 2. The van der Waals surface area contributed by atoms with Crippen molar-refractivity contribution in [2.24, 2.45) is 0 Å². The predicted molar refractivity (Wildman–Crippen MR) is 327 cm³/mol. The summed E-state index contributed by atoms with van der Waals surface area (Å²) >= 11 is 6.83. The molecule has 2 fully saturated rings. The van der Waals surface area contributed by atoms with Gasteiger partial charge in [0.1, 0.15) is 37.1 Å². The van der Waals surface area contributed by atoms with Crippen molar-refractivity contribution in [3.63, 3.8) is 0 Å². The Balaban J connectivity index is -0.00000108. The van der Waals surface area contributed by atoms with Gasteiger partial charge in [-0.15, -0.1) is 0 Å². The van der Waals surface area contributed by atoms with Gasteiger partial charge in [0.15, 0.2) is 0 Å². The molecule has 0 amide bonds. The summed E-state index contributed by atoms with van der Waals surface area (Å²) in [6.07, 6.45) is 6.35. The topological polar surface area (TPSA) is 211 Å². The first-order chi connectivity index (χ1) is 36.2. The first-order valence-corrected chi connectivity index (χ1v) is 28.9. The molecule has 2 atom stereocenters. The molecule has 4 N–H and O–H groups in total. The van der Waals surface area contributed by atoms with Crippen LogP contribution in [0.1, 0.15) is 121 Å². The van der Waals surface area contributed by atoms with Gasteiger partial charge in [-0.1, -0.05) is 143 Å². The minimum Gasteiger partial charge on any atom is -0.870 e. The fourth-order valence-electron chi connectivity index (χ4n) is 8.71. The first kappa shape index (κ1) is 79.6. The van der Waals surface area contributed by atoms with E-state index < -0.39 is 35.1 Å². The van der Waals surface area contributed by atoms with Crippen molar-refractivity contribution in [1.82, 2.24) is 0 Å². The number of hydrogen-bond acceptors (Lipinski definition) is 12. The molecular weight excluding hydrogens is 1220 g/mol. The molecule has 1 spiro atoms. The van der Waals surface area contributed by atoms with Crippen LogP contribution in [0.4, 0.5) is 4.70 Å². The van der Waals surface area contributed by atoms with Crippen LogP contribution in [-0.4, -0.2) is 51.9 Å². The average molecular weight is 1300 g/mol. The molecule has 0 radical (unpaired) electrons. The number of aryl methyl sites for hydroxylation is 6. The van der Waals surface area contributed by atoms with E-state index in [1.165, 1.54) is 12.5 Å². The largest absolute Gasteiger partial charge is 1.00 e. The average Bonchev–Trinajstić information content (AvgIpc) is 3.76. The molecule has 1 saturated carbocycles. The molecule has 1 unspecified atom stereocenters. The van der Waals surface area contributed by atoms with Crippen molar-refractivity contribution < 1.29 is 128 Å². The van der Waals surface area contributed by atoms with Crippen molar-refractivity contribution >= 4 is 68.9 Å². The molecule has 82 heavy (non-hydrogen) atoms. The van der Waals surface area contributed by atoms with Gasteiger partial charge >= 0.3 is 71.1 Å². The van der Waals surface area contributed by atoms with Gasteiger partial charge < -0.3 is 54.4 Å². The van der Waals surface area contributed by atoms with Crippen LogP contribution in [0.25, 0.3) is 12.2 Å². The molecular formula is C63H78ClFINa2O13P. The third-order valence-corrected chi connectivity index (χ3v) is 12.1. The van der Waals surface area contributed by atoms with E-state index >= 15 is 0 Å². The smallest absolute Gasteiger partial charge is 0.870 e. The standard InChI is InChI=1S/C24H26O4.C18H20O4.C18H18O4.3CH4.ClHIP.FH.2Na.H2O/c1-17-13-20(14-18(2)22(17)26-16-19-9-5-3-6-10-19)15-21-23(25)28-24(27-21)11-7-4-8-12-24;2*1-12-8-15(10-16(19)18(20)21)9-13(2)17(12)22-11-14-6-4-3-5-7-14;;;;1-3-2;;;;/h3,5-6,9-10,13-15H,4,7-8,11-12,16H2,1-2H3;3-9,16,19H,10-11H2,1-2H3,(H,20,21);3-10,19H,11H2,1-2H3,(H,20,21);3*1H4;3H;1H;;;1H2/q;;;;;;;;2*+1;/p-2/b21-15+;;16-10+;;;;;;;;/t;16-;;;;;;;;;/m.1........./s1/i;;;;;;3D;;;;. The summed E-state index contributed by atoms with van der Waals surface area (Å²) in [5.74, 6) is -1.84. The number of aliphatic carboxylic acids is 2. The van der Waals surface area contributed by atoms with Crippen molar-refractivity contribution in [3.8, 4) is 17.2 Å². The van der Waals surface area contributed by atoms with Crippen LogP contribution in [0.5, 0.6) is 17.2 Å². The van der Waals surface area contributed by atoms with Crippen molar-refractivity contribution in [1.29, 1.82) is 1.28 Å². The van der Waals surface area contributed by atoms with Gasteiger partial charge in [-0.25, -0.2) is 9.59 Å². The van der Waals surface area contributed by atoms with Crippen LogP contribution >= 0.6 is 38.8 Å². The molecule has 8 rings (SSSR count). The molecule has 1 aliphatic carbocycles. The number of halogens is 3. The molecule has 0 bridgehead atoms. The number of rotatable bonds is 15. The predicted octanol–water partition coefficient (Wildman–Crippen LogP) is 8.92. The number of carbonyl (C=O) groups excluding carboxylic acids is 2. The molecule has 13 nitrogen and oxygen atoms in total. The molecule has 2 aliphatic rings. The Kier molecular flexibility index (Phi) is 40.3. The van der Waals surface area contributed by atoms with Gasteiger partial charge in [-0.05, 0) is 180 Å². The van der Waals surface area contributed by atoms with Crippen molar-refractivity contribution in [3.05, 3.63) is 206 Å². The normalized spacial score (nSPS) is 13.7. The van der Waals surface area contributed by atoms with E-state index in [1.54, 1.807) is 18.2 Å². The zero-order valence-corrected chi connectivity index (χ0v) is 53.6. The van der Waals surface area contributed by atoms with Crippen LogP contribution in [0.3, 0.4) is 0 Å². The van der Waals surface area contributed by atoms with E-state index in [0.717, 1.165) is 104 Å². The molecule has 1 saturated heterocycles. The minimum absolute atomic E-state index is 0. The van der Waals surface area contributed by atoms with E-state index in [4.69, 9.17) is 41.3 Å². The number of esters is 1. The van der Waals surface area contributed by atoms with Crippen LogP contribution in [0, 0.1) is 41.5 Å². The van der Waals surface area contributed by atoms with Crippen molar-refractivity contribution in [2.45, 2.75) is 134 Å². The second-order valence-corrected chi connectivity index (χ2v) is 22.1. The third-order valence-electron chi connectivity index (χ3n) is 12.1. The molecule has 1 aliphatic heterocycles. The second-order valence-electron chi connectivity index (χ2n) is 18.3. The van der Waals surface area contributed by atoms with E-state index in [0.29, 0.717) is 31.1 Å². The number of aliphatic hydroxyl groups excluding tert-OH is 2. The van der Waals surface area contributed by atoms with Crippen LogP contribution in [0.2, 0.25) is 0 Å². The minimum atomic E-state index is -1.49. The summed E-state index contributed by atoms with van der Waals surface area (Å²) in [5.41, 5.74) is 10.3. The molecule has 1 heterocycles. The fourth-order valence-corrected chi connectivity index (χ4v) is 8.71. The van der Waals surface area contributed by atoms with Crippen LogP contribution < -0.4 is 78.4 Å². The number of ether oxygens (including phenoxy) is 5. The Bertz CT molecular complexity index is 2900. The maximum absolute atomic E-state index is 12.3. The Morgan fingerprint density at radius 2 is 1.00 bits per heavy atom. The zero-order valence-electron chi connectivity index (χ0n) is 46.8. The van der Waals surface area contributed by atoms with Gasteiger partial charge in [0.25, 0.3) is 5.79 Å². The van der Waals surface area contributed by atoms with Gasteiger partial charge in [0.2, 0.25) is 11.5 Å². The van der Waals surface area contributed by atoms with E-state index in [2.05, 4.69) is 0 Å². The Morgan fingerprint density at radius 3 is 1.34 bits per heavy atom. The third kappa shape index (κ3) is 26.2. The Labute approximate surface area is 549 Å². The fraction of sp³-hybridized carbons (Fsp3) is 0.317. The number of benzene rings is 6. The van der Waals surface area contributed by atoms with Crippen molar-refractivity contribution in [2.75, 3.05) is 0 Å². The summed E-state index contributed by atoms with van der Waals surface area (Å²) in [6.45, 7) is 13.1. The maximum atomic E-state index is 12.3. The maximum Gasteiger partial charge on any atom is 1.00 e. The monoisotopic (exact) mass is 1300 g/mol. The van der Waals surface area contributed by atoms with Crippen LogP contribution in [-0.2, 0) is 50.1 Å². The summed E-state index contributed by atoms with van der Waals surface area (Å²) in [6, 6.07) is 41.1. The van der Waals surface area contributed by atoms with Gasteiger partial charge in [0, 0.05) is 24.8 Å². The van der Waals surface area contributed by atoms with Crippen LogP contribution in [0.15, 0.2) is 139 Å². The van der Waals surface area contributed by atoms with Gasteiger partial charge in [0.05, 0.1) is 13.4 Å². The summed E-state index contributed by atoms with van der Waals surface area (Å²) in [4.78, 5) is 33.6. The SMILES string of the molecule is C.C.C.Cc1cc(/C=C(/O)C(=O)O)cc(C)c1OCc1ccccc1.Cc1cc(/C=C2/OC3(CCCCC3)OC2=O)cc(C)c1OCc1ccccc1.Cc1cc(C[C@@H](O)C(=O)[O-])cc(C)c1OCc1ccccc1.F.[2H]P(Cl)I.[Na+].[Na+].[OH-]. The first-order valence-electron chi connectivity index (χ1n) is 24.8. The van der Waals surface area contributed by atoms with E-state index in [1.807, 2.05) is 179 Å². The van der Waals surface area contributed by atoms with E-state index in [-0.39, 0.29) is 104 Å². The number of hydrogen-bond donors (Lipinski definition) is 3. The van der Waals surface area contributed by atoms with E-state index in [9.17, 15) is 29.7 Å². The van der Waals surface area contributed by atoms with Gasteiger partial charge in [-0.2, -0.15) is 0 Å². The summed E-state index contributed by atoms with van der Waals surface area (Å²) in [5, 5.41) is 38.0. The summed E-state index contributed by atoms with van der Waals surface area (Å²) in [7, 11) is 0.